The first-order valence-electron chi connectivity index (χ1n) is 13.9. The first-order chi connectivity index (χ1) is 16.5. The summed E-state index contributed by atoms with van der Waals surface area (Å²) in [5.74, 6) is 1.77. The molecule has 8 heteroatoms. The number of carbonyl (C=O) groups is 2. The van der Waals surface area contributed by atoms with Crippen LogP contribution in [0, 0.1) is 11.8 Å². The predicted octanol–water partition coefficient (Wildman–Crippen LogP) is -1.98. The number of amides is 2. The highest BCUT2D eigenvalue weighted by atomic mass is 35.5. The van der Waals surface area contributed by atoms with Crippen LogP contribution in [0.3, 0.4) is 0 Å². The van der Waals surface area contributed by atoms with Crippen LogP contribution in [-0.4, -0.2) is 97.2 Å². The topological polar surface area (TPSA) is 40.6 Å². The van der Waals surface area contributed by atoms with Crippen molar-refractivity contribution in [2.24, 2.45) is 11.8 Å². The number of quaternary nitrogens is 2. The fourth-order valence-electron chi connectivity index (χ4n) is 5.68. The summed E-state index contributed by atoms with van der Waals surface area (Å²) in [5.41, 5.74) is 0.985. The summed E-state index contributed by atoms with van der Waals surface area (Å²) in [4.78, 5) is 31.0. The number of rotatable bonds is 12. The lowest BCUT2D eigenvalue weighted by molar-refractivity contribution is -1.07. The summed E-state index contributed by atoms with van der Waals surface area (Å²) in [7, 11) is 0. The van der Waals surface area contributed by atoms with Gasteiger partial charge in [0.1, 0.15) is 39.3 Å². The Balaban J connectivity index is 0.00000342. The Kier molecular flexibility index (Phi) is 13.4. The molecule has 3 saturated heterocycles. The van der Waals surface area contributed by atoms with E-state index < -0.39 is 0 Å². The van der Waals surface area contributed by atoms with Crippen molar-refractivity contribution in [2.45, 2.75) is 60.4 Å². The number of benzene rings is 1. The first kappa shape index (κ1) is 33.7. The largest absolute Gasteiger partial charge is 1.00 e. The number of para-hydroxylation sites is 1. The van der Waals surface area contributed by atoms with E-state index in [0.717, 1.165) is 79.9 Å². The van der Waals surface area contributed by atoms with Gasteiger partial charge in [0.2, 0.25) is 0 Å². The molecule has 1 aromatic carbocycles. The van der Waals surface area contributed by atoms with Crippen LogP contribution in [0.1, 0.15) is 54.4 Å². The van der Waals surface area contributed by atoms with Gasteiger partial charge in [-0.3, -0.25) is 9.59 Å². The van der Waals surface area contributed by atoms with Crippen LogP contribution >= 0.6 is 0 Å². The standard InChI is InChI=1S/C29H50N4O2.2ClH/c1-24(2)12-14-30(15-13-25(3)4)28(34)22-32-16-19-33(20-17-32,21-18-32)23-29(35)31(26(5)6)27-10-8-7-9-11-27;;/h7-11,24-26H,12-23H2,1-6H3;2*1H/q+2;;/p-2. The molecule has 3 aliphatic heterocycles. The predicted molar refractivity (Wildman–Crippen MR) is 144 cm³/mol. The lowest BCUT2D eigenvalue weighted by atomic mass is 10.1. The van der Waals surface area contributed by atoms with Gasteiger partial charge in [-0.15, -0.1) is 0 Å². The van der Waals surface area contributed by atoms with Crippen molar-refractivity contribution < 1.29 is 43.4 Å². The van der Waals surface area contributed by atoms with Gasteiger partial charge in [-0.25, -0.2) is 0 Å². The molecule has 3 aliphatic rings. The summed E-state index contributed by atoms with van der Waals surface area (Å²) in [6.07, 6.45) is 2.14. The molecular weight excluding hydrogens is 507 g/mol. The van der Waals surface area contributed by atoms with Crippen molar-refractivity contribution in [1.82, 2.24) is 4.90 Å². The van der Waals surface area contributed by atoms with Gasteiger partial charge in [0.25, 0.3) is 11.8 Å². The highest BCUT2D eigenvalue weighted by Gasteiger charge is 2.51. The molecule has 4 rings (SSSR count). The summed E-state index contributed by atoms with van der Waals surface area (Å²) >= 11 is 0. The quantitative estimate of drug-likeness (QED) is 0.280. The smallest absolute Gasteiger partial charge is 0.282 e. The third kappa shape index (κ3) is 9.12. The Hall–Kier alpha value is -1.34. The van der Waals surface area contributed by atoms with E-state index in [4.69, 9.17) is 0 Å². The second kappa shape index (κ2) is 14.7. The molecule has 0 atom stereocenters. The molecule has 0 radical (unpaired) electrons. The van der Waals surface area contributed by atoms with Crippen molar-refractivity contribution in [3.63, 3.8) is 0 Å². The van der Waals surface area contributed by atoms with Gasteiger partial charge in [0.05, 0.1) is 0 Å². The number of anilines is 1. The highest BCUT2D eigenvalue weighted by Crippen LogP contribution is 2.28. The highest BCUT2D eigenvalue weighted by molar-refractivity contribution is 5.94. The van der Waals surface area contributed by atoms with Gasteiger partial charge in [0, 0.05) is 24.8 Å². The average Bonchev–Trinajstić information content (AvgIpc) is 2.80. The second-order valence-electron chi connectivity index (χ2n) is 12.3. The molecule has 6 nitrogen and oxygen atoms in total. The zero-order valence-corrected chi connectivity index (χ0v) is 25.5. The number of hydrogen-bond donors (Lipinski definition) is 0. The van der Waals surface area contributed by atoms with Crippen molar-refractivity contribution >= 4 is 17.5 Å². The number of nitrogens with zero attached hydrogens (tertiary/aromatic N) is 4. The van der Waals surface area contributed by atoms with Crippen LogP contribution in [-0.2, 0) is 9.59 Å². The second-order valence-corrected chi connectivity index (χ2v) is 12.3. The van der Waals surface area contributed by atoms with Crippen LogP contribution in [0.5, 0.6) is 0 Å². The molecule has 0 aromatic heterocycles. The van der Waals surface area contributed by atoms with Gasteiger partial charge in [-0.05, 0) is 50.7 Å². The SMILES string of the molecule is CC(C)CCN(CCC(C)C)C(=O)C[N+]12CC[N+](CC(=O)N(c3ccccc3)C(C)C)(CC1)CC2.[Cl-].[Cl-]. The van der Waals surface area contributed by atoms with E-state index in [1.165, 1.54) is 0 Å². The van der Waals surface area contributed by atoms with E-state index >= 15 is 0 Å². The van der Waals surface area contributed by atoms with Gasteiger partial charge in [0.15, 0.2) is 13.1 Å². The summed E-state index contributed by atoms with van der Waals surface area (Å²) in [6, 6.07) is 10.2. The van der Waals surface area contributed by atoms with Crippen LogP contribution in [0.15, 0.2) is 30.3 Å². The fourth-order valence-corrected chi connectivity index (χ4v) is 5.68. The maximum atomic E-state index is 13.5. The number of hydrogen-bond acceptors (Lipinski definition) is 2. The molecule has 3 heterocycles. The lowest BCUT2D eigenvalue weighted by Crippen LogP contribution is -3.00. The monoisotopic (exact) mass is 556 g/mol. The summed E-state index contributed by atoms with van der Waals surface area (Å²) < 4.78 is 1.80. The van der Waals surface area contributed by atoms with Crippen molar-refractivity contribution in [1.29, 1.82) is 0 Å². The summed E-state index contributed by atoms with van der Waals surface area (Å²) in [6.45, 7) is 22.1. The van der Waals surface area contributed by atoms with Crippen LogP contribution in [0.25, 0.3) is 0 Å². The Labute approximate surface area is 238 Å². The lowest BCUT2D eigenvalue weighted by Gasteiger charge is -2.55. The molecule has 0 aliphatic carbocycles. The van der Waals surface area contributed by atoms with E-state index in [0.29, 0.717) is 30.8 Å². The Bertz CT molecular complexity index is 811. The Morgan fingerprint density at radius 2 is 1.11 bits per heavy atom. The van der Waals surface area contributed by atoms with Crippen molar-refractivity contribution in [3.8, 4) is 0 Å². The fraction of sp³-hybridized carbons (Fsp3) is 0.724. The van der Waals surface area contributed by atoms with E-state index in [9.17, 15) is 9.59 Å². The van der Waals surface area contributed by atoms with E-state index in [1.54, 1.807) is 0 Å². The molecule has 0 saturated carbocycles. The molecule has 1 aromatic rings. The van der Waals surface area contributed by atoms with Crippen LogP contribution in [0.2, 0.25) is 0 Å². The molecular formula is C29H50Cl2N4O2. The summed E-state index contributed by atoms with van der Waals surface area (Å²) in [5, 5.41) is 0. The maximum Gasteiger partial charge on any atom is 0.282 e. The number of carbonyl (C=O) groups excluding carboxylic acids is 2. The van der Waals surface area contributed by atoms with Crippen LogP contribution < -0.4 is 29.7 Å². The minimum Gasteiger partial charge on any atom is -1.00 e. The molecule has 0 spiro atoms. The normalized spacial score (nSPS) is 22.5. The molecule has 3 fully saturated rings. The van der Waals surface area contributed by atoms with Gasteiger partial charge < -0.3 is 43.6 Å². The Morgan fingerprint density at radius 1 is 0.703 bits per heavy atom. The van der Waals surface area contributed by atoms with Gasteiger partial charge in [-0.1, -0.05) is 45.9 Å². The number of piperazine rings is 3. The zero-order valence-electron chi connectivity index (χ0n) is 24.0. The number of fused-ring (bicyclic) bond motifs is 3. The average molecular weight is 558 g/mol. The number of halogens is 2. The molecule has 37 heavy (non-hydrogen) atoms. The van der Waals surface area contributed by atoms with Crippen molar-refractivity contribution in [2.75, 3.05) is 70.3 Å². The molecule has 0 unspecified atom stereocenters. The molecule has 0 N–H and O–H groups in total. The third-order valence-corrected chi connectivity index (χ3v) is 8.21. The van der Waals surface area contributed by atoms with Gasteiger partial charge >= 0.3 is 0 Å². The first-order valence-corrected chi connectivity index (χ1v) is 13.9. The van der Waals surface area contributed by atoms with Crippen molar-refractivity contribution in [3.05, 3.63) is 30.3 Å². The van der Waals surface area contributed by atoms with E-state index in [2.05, 4.69) is 46.4 Å². The van der Waals surface area contributed by atoms with E-state index in [1.807, 2.05) is 35.2 Å². The van der Waals surface area contributed by atoms with E-state index in [-0.39, 0.29) is 36.8 Å². The minimum atomic E-state index is 0. The van der Waals surface area contributed by atoms with Crippen LogP contribution in [0.4, 0.5) is 5.69 Å². The molecule has 212 valence electrons. The Morgan fingerprint density at radius 3 is 1.49 bits per heavy atom. The third-order valence-electron chi connectivity index (χ3n) is 8.21. The zero-order chi connectivity index (χ0) is 25.6. The van der Waals surface area contributed by atoms with Gasteiger partial charge in [-0.2, -0.15) is 0 Å². The molecule has 2 bridgehead atoms. The minimum absolute atomic E-state index is 0. The maximum absolute atomic E-state index is 13.5. The molecule has 2 amide bonds.